The van der Waals surface area contributed by atoms with Crippen LogP contribution in [-0.2, 0) is 15.3 Å². The summed E-state index contributed by atoms with van der Waals surface area (Å²) in [5, 5.41) is 4.00. The molecule has 31 heavy (non-hydrogen) atoms. The molecule has 1 aliphatic rings. The number of halogens is 1. The summed E-state index contributed by atoms with van der Waals surface area (Å²) in [4.78, 5) is 0. The molecule has 0 aromatic heterocycles. The van der Waals surface area contributed by atoms with Gasteiger partial charge in [0.2, 0.25) is 5.75 Å². The standard InChI is InChI=1S/C24H32ClNO5/c1-26-12-10-18(17-5-7-20(25)8-6-17)9-11-24(30-13-14-31-24)19-15-21(27-2)23(29-4)22(16-19)28-3/h5-8,15-16,18,26H,9-14H2,1-4H3. The van der Waals surface area contributed by atoms with Gasteiger partial charge in [-0.1, -0.05) is 23.7 Å². The number of benzene rings is 2. The first-order valence-corrected chi connectivity index (χ1v) is 10.9. The largest absolute Gasteiger partial charge is 0.493 e. The van der Waals surface area contributed by atoms with E-state index in [1.165, 1.54) is 5.56 Å². The van der Waals surface area contributed by atoms with Crippen molar-refractivity contribution in [3.8, 4) is 17.2 Å². The van der Waals surface area contributed by atoms with Gasteiger partial charge in [0, 0.05) is 17.0 Å². The van der Waals surface area contributed by atoms with E-state index in [2.05, 4.69) is 17.4 Å². The Balaban J connectivity index is 1.89. The van der Waals surface area contributed by atoms with Crippen LogP contribution in [0.4, 0.5) is 0 Å². The number of hydrogen-bond donors (Lipinski definition) is 1. The van der Waals surface area contributed by atoms with E-state index >= 15 is 0 Å². The van der Waals surface area contributed by atoms with Crippen molar-refractivity contribution in [1.29, 1.82) is 0 Å². The summed E-state index contributed by atoms with van der Waals surface area (Å²) in [6.07, 6.45) is 2.59. The maximum Gasteiger partial charge on any atom is 0.203 e. The Morgan fingerprint density at radius 1 is 0.968 bits per heavy atom. The fraction of sp³-hybridized carbons (Fsp3) is 0.500. The second kappa shape index (κ2) is 11.0. The van der Waals surface area contributed by atoms with Crippen molar-refractivity contribution < 1.29 is 23.7 Å². The molecule has 1 saturated heterocycles. The highest BCUT2D eigenvalue weighted by Crippen LogP contribution is 2.46. The second-order valence-electron chi connectivity index (χ2n) is 7.54. The number of ether oxygens (including phenoxy) is 5. The van der Waals surface area contributed by atoms with Crippen LogP contribution in [0.2, 0.25) is 5.02 Å². The molecule has 7 heteroatoms. The average Bonchev–Trinajstić information content (AvgIpc) is 3.29. The Morgan fingerprint density at radius 3 is 2.10 bits per heavy atom. The summed E-state index contributed by atoms with van der Waals surface area (Å²) in [6.45, 7) is 2.00. The Morgan fingerprint density at radius 2 is 1.58 bits per heavy atom. The molecule has 3 rings (SSSR count). The van der Waals surface area contributed by atoms with E-state index in [4.69, 9.17) is 35.3 Å². The average molecular weight is 450 g/mol. The fourth-order valence-electron chi connectivity index (χ4n) is 4.11. The SMILES string of the molecule is CNCCC(CCC1(c2cc(OC)c(OC)c(OC)c2)OCCO1)c1ccc(Cl)cc1. The molecule has 0 bridgehead atoms. The molecule has 170 valence electrons. The quantitative estimate of drug-likeness (QED) is 0.534. The molecule has 0 aliphatic carbocycles. The van der Waals surface area contributed by atoms with Crippen LogP contribution in [0.3, 0.4) is 0 Å². The lowest BCUT2D eigenvalue weighted by Gasteiger charge is -2.31. The van der Waals surface area contributed by atoms with E-state index in [0.717, 1.165) is 30.0 Å². The van der Waals surface area contributed by atoms with Gasteiger partial charge in [0.15, 0.2) is 17.3 Å². The third-order valence-electron chi connectivity index (χ3n) is 5.76. The Hall–Kier alpha value is -1.99. The first kappa shape index (κ1) is 23.7. The van der Waals surface area contributed by atoms with E-state index in [9.17, 15) is 0 Å². The summed E-state index contributed by atoms with van der Waals surface area (Å²) >= 11 is 6.10. The van der Waals surface area contributed by atoms with Crippen LogP contribution in [0.15, 0.2) is 36.4 Å². The van der Waals surface area contributed by atoms with E-state index in [0.29, 0.717) is 42.8 Å². The van der Waals surface area contributed by atoms with Crippen LogP contribution in [-0.4, -0.2) is 48.1 Å². The highest BCUT2D eigenvalue weighted by molar-refractivity contribution is 6.30. The number of hydrogen-bond acceptors (Lipinski definition) is 6. The zero-order chi connectivity index (χ0) is 22.3. The highest BCUT2D eigenvalue weighted by Gasteiger charge is 2.40. The highest BCUT2D eigenvalue weighted by atomic mass is 35.5. The van der Waals surface area contributed by atoms with Gasteiger partial charge in [-0.15, -0.1) is 0 Å². The summed E-state index contributed by atoms with van der Waals surface area (Å²) in [7, 11) is 6.78. The Bertz CT molecular complexity index is 811. The maximum atomic E-state index is 6.20. The van der Waals surface area contributed by atoms with Crippen molar-refractivity contribution in [2.45, 2.75) is 31.0 Å². The van der Waals surface area contributed by atoms with Crippen molar-refractivity contribution in [2.24, 2.45) is 0 Å². The molecular weight excluding hydrogens is 418 g/mol. The van der Waals surface area contributed by atoms with Gasteiger partial charge in [0.05, 0.1) is 34.5 Å². The molecule has 6 nitrogen and oxygen atoms in total. The van der Waals surface area contributed by atoms with E-state index in [1.54, 1.807) is 21.3 Å². The van der Waals surface area contributed by atoms with E-state index in [-0.39, 0.29) is 0 Å². The van der Waals surface area contributed by atoms with Crippen LogP contribution in [0.5, 0.6) is 17.2 Å². The van der Waals surface area contributed by atoms with Gasteiger partial charge in [-0.2, -0.15) is 0 Å². The van der Waals surface area contributed by atoms with E-state index < -0.39 is 5.79 Å². The number of nitrogens with one attached hydrogen (secondary N) is 1. The molecule has 0 spiro atoms. The van der Waals surface area contributed by atoms with Gasteiger partial charge in [0.25, 0.3) is 0 Å². The Kier molecular flexibility index (Phi) is 8.43. The maximum absolute atomic E-state index is 6.20. The van der Waals surface area contributed by atoms with Gasteiger partial charge >= 0.3 is 0 Å². The number of rotatable bonds is 11. The molecule has 1 unspecified atom stereocenters. The van der Waals surface area contributed by atoms with Gasteiger partial charge < -0.3 is 29.0 Å². The van der Waals surface area contributed by atoms with Gasteiger partial charge in [-0.3, -0.25) is 0 Å². The summed E-state index contributed by atoms with van der Waals surface area (Å²) in [6, 6.07) is 11.9. The fourth-order valence-corrected chi connectivity index (χ4v) is 4.23. The normalized spacial score (nSPS) is 16.2. The van der Waals surface area contributed by atoms with Crippen molar-refractivity contribution in [1.82, 2.24) is 5.32 Å². The molecule has 0 amide bonds. The van der Waals surface area contributed by atoms with Crippen molar-refractivity contribution in [3.63, 3.8) is 0 Å². The van der Waals surface area contributed by atoms with Crippen LogP contribution in [0.1, 0.15) is 36.3 Å². The van der Waals surface area contributed by atoms with Crippen molar-refractivity contribution in [3.05, 3.63) is 52.5 Å². The first-order valence-electron chi connectivity index (χ1n) is 10.6. The van der Waals surface area contributed by atoms with Crippen molar-refractivity contribution >= 4 is 11.6 Å². The van der Waals surface area contributed by atoms with Gasteiger partial charge in [0.1, 0.15) is 0 Å². The monoisotopic (exact) mass is 449 g/mol. The van der Waals surface area contributed by atoms with Crippen LogP contribution in [0.25, 0.3) is 0 Å². The topological polar surface area (TPSA) is 58.2 Å². The minimum atomic E-state index is -0.850. The minimum absolute atomic E-state index is 0.344. The molecule has 1 fully saturated rings. The molecular formula is C24H32ClNO5. The summed E-state index contributed by atoms with van der Waals surface area (Å²) < 4.78 is 29.0. The van der Waals surface area contributed by atoms with Gasteiger partial charge in [-0.25, -0.2) is 0 Å². The van der Waals surface area contributed by atoms with E-state index in [1.807, 2.05) is 31.3 Å². The molecule has 1 heterocycles. The second-order valence-corrected chi connectivity index (χ2v) is 7.98. The molecule has 1 aliphatic heterocycles. The minimum Gasteiger partial charge on any atom is -0.493 e. The predicted molar refractivity (Wildman–Crippen MR) is 122 cm³/mol. The molecule has 0 saturated carbocycles. The van der Waals surface area contributed by atoms with Crippen LogP contribution >= 0.6 is 11.6 Å². The van der Waals surface area contributed by atoms with Gasteiger partial charge in [-0.05, 0) is 62.2 Å². The molecule has 1 N–H and O–H groups in total. The predicted octanol–water partition coefficient (Wildman–Crippen LogP) is 4.74. The first-order chi connectivity index (χ1) is 15.1. The zero-order valence-electron chi connectivity index (χ0n) is 18.7. The summed E-state index contributed by atoms with van der Waals surface area (Å²) in [5.74, 6) is 1.21. The molecule has 0 radical (unpaired) electrons. The lowest BCUT2D eigenvalue weighted by molar-refractivity contribution is -0.172. The lowest BCUT2D eigenvalue weighted by atomic mass is 9.87. The smallest absolute Gasteiger partial charge is 0.203 e. The van der Waals surface area contributed by atoms with Crippen LogP contribution in [0, 0.1) is 0 Å². The molecule has 1 atom stereocenters. The molecule has 2 aromatic carbocycles. The van der Waals surface area contributed by atoms with Crippen LogP contribution < -0.4 is 19.5 Å². The van der Waals surface area contributed by atoms with Crippen molar-refractivity contribution in [2.75, 3.05) is 48.1 Å². The third kappa shape index (κ3) is 5.44. The summed E-state index contributed by atoms with van der Waals surface area (Å²) in [5.41, 5.74) is 2.13. The Labute approximate surface area is 189 Å². The number of methoxy groups -OCH3 is 3. The zero-order valence-corrected chi connectivity index (χ0v) is 19.5. The lowest BCUT2D eigenvalue weighted by Crippen LogP contribution is -2.28. The molecule has 2 aromatic rings. The third-order valence-corrected chi connectivity index (χ3v) is 6.02.